The molecule has 0 atom stereocenters. The van der Waals surface area contributed by atoms with Crippen LogP contribution in [0.1, 0.15) is 42.4 Å². The summed E-state index contributed by atoms with van der Waals surface area (Å²) < 4.78 is 7.32. The number of ether oxygens (including phenoxy) is 1. The van der Waals surface area contributed by atoms with Crippen LogP contribution in [-0.2, 0) is 11.8 Å². The lowest BCUT2D eigenvalue weighted by Gasteiger charge is -2.21. The van der Waals surface area contributed by atoms with Gasteiger partial charge in [-0.25, -0.2) is 9.67 Å². The molecule has 158 valence electrons. The Bertz CT molecular complexity index is 1110. The Morgan fingerprint density at radius 2 is 1.87 bits per heavy atom. The Hall–Kier alpha value is -3.42. The van der Waals surface area contributed by atoms with E-state index in [2.05, 4.69) is 20.7 Å². The van der Waals surface area contributed by atoms with Crippen LogP contribution in [0.25, 0.3) is 11.0 Å². The molecule has 0 bridgehead atoms. The highest BCUT2D eigenvalue weighted by atomic mass is 16.5. The summed E-state index contributed by atoms with van der Waals surface area (Å²) in [5, 5.41) is 10.8. The molecule has 2 aromatic heterocycles. The van der Waals surface area contributed by atoms with E-state index in [4.69, 9.17) is 4.74 Å². The summed E-state index contributed by atoms with van der Waals surface area (Å²) in [6.07, 6.45) is 0. The van der Waals surface area contributed by atoms with Crippen molar-refractivity contribution in [1.82, 2.24) is 20.1 Å². The molecule has 1 aromatic carbocycles. The van der Waals surface area contributed by atoms with Crippen molar-refractivity contribution in [1.29, 1.82) is 0 Å². The van der Waals surface area contributed by atoms with Crippen LogP contribution in [0.5, 0.6) is 5.88 Å². The molecule has 3 aromatic rings. The fourth-order valence-electron chi connectivity index (χ4n) is 3.17. The number of hydrogen-bond donors (Lipinski definition) is 2. The highest BCUT2D eigenvalue weighted by molar-refractivity contribution is 6.04. The van der Waals surface area contributed by atoms with Crippen LogP contribution in [0, 0.1) is 13.8 Å². The van der Waals surface area contributed by atoms with Crippen molar-refractivity contribution in [3.05, 3.63) is 47.2 Å². The molecule has 0 aliphatic heterocycles. The van der Waals surface area contributed by atoms with Gasteiger partial charge in [-0.15, -0.1) is 5.10 Å². The minimum atomic E-state index is -0.387. The predicted molar refractivity (Wildman–Crippen MR) is 116 cm³/mol. The van der Waals surface area contributed by atoms with E-state index < -0.39 is 0 Å². The van der Waals surface area contributed by atoms with E-state index in [1.165, 1.54) is 0 Å². The number of benzene rings is 1. The molecule has 8 heteroatoms. The maximum absolute atomic E-state index is 12.5. The fraction of sp³-hybridized carbons (Fsp3) is 0.364. The number of nitrogens with zero attached hydrogens (tertiary/aromatic N) is 3. The molecule has 0 aliphatic rings. The highest BCUT2D eigenvalue weighted by Crippen LogP contribution is 2.27. The van der Waals surface area contributed by atoms with Gasteiger partial charge in [0.05, 0.1) is 16.6 Å². The van der Waals surface area contributed by atoms with E-state index in [1.54, 1.807) is 36.0 Å². The zero-order chi connectivity index (χ0) is 22.1. The van der Waals surface area contributed by atoms with Gasteiger partial charge in [0.25, 0.3) is 11.8 Å². The van der Waals surface area contributed by atoms with Crippen LogP contribution < -0.4 is 15.4 Å². The van der Waals surface area contributed by atoms with E-state index in [1.807, 2.05) is 40.7 Å². The first-order chi connectivity index (χ1) is 14.0. The number of fused-ring (bicyclic) bond motifs is 1. The van der Waals surface area contributed by atoms with Crippen LogP contribution >= 0.6 is 0 Å². The molecule has 0 unspecified atom stereocenters. The lowest BCUT2D eigenvalue weighted by atomic mass is 10.1. The Kier molecular flexibility index (Phi) is 5.78. The van der Waals surface area contributed by atoms with E-state index in [0.717, 1.165) is 16.6 Å². The summed E-state index contributed by atoms with van der Waals surface area (Å²) in [7, 11) is 1.78. The van der Waals surface area contributed by atoms with Gasteiger partial charge in [0.15, 0.2) is 12.3 Å². The lowest BCUT2D eigenvalue weighted by Crippen LogP contribution is -2.41. The average molecular weight is 409 g/mol. The van der Waals surface area contributed by atoms with Crippen molar-refractivity contribution in [2.75, 3.05) is 11.9 Å². The molecule has 0 saturated heterocycles. The van der Waals surface area contributed by atoms with Gasteiger partial charge in [-0.1, -0.05) is 12.1 Å². The molecular formula is C22H27N5O3. The molecule has 3 rings (SSSR count). The third-order valence-corrected chi connectivity index (χ3v) is 4.36. The van der Waals surface area contributed by atoms with Crippen molar-refractivity contribution in [3.63, 3.8) is 0 Å². The third kappa shape index (κ3) is 4.76. The van der Waals surface area contributed by atoms with Crippen LogP contribution in [0.2, 0.25) is 0 Å². The van der Waals surface area contributed by atoms with Gasteiger partial charge in [-0.3, -0.25) is 9.59 Å². The molecule has 0 spiro atoms. The largest absolute Gasteiger partial charge is 0.466 e. The molecule has 8 nitrogen and oxygen atoms in total. The molecule has 0 radical (unpaired) electrons. The number of aromatic nitrogens is 3. The molecule has 2 N–H and O–H groups in total. The van der Waals surface area contributed by atoms with E-state index in [0.29, 0.717) is 22.8 Å². The zero-order valence-corrected chi connectivity index (χ0v) is 18.2. The molecule has 30 heavy (non-hydrogen) atoms. The van der Waals surface area contributed by atoms with Crippen LogP contribution in [0.3, 0.4) is 0 Å². The summed E-state index contributed by atoms with van der Waals surface area (Å²) in [5.74, 6) is -0.291. The normalized spacial score (nSPS) is 11.4. The fourth-order valence-corrected chi connectivity index (χ4v) is 3.17. The number of aryl methyl sites for hydroxylation is 3. The smallest absolute Gasteiger partial charge is 0.262 e. The molecule has 0 fully saturated rings. The Morgan fingerprint density at radius 3 is 2.57 bits per heavy atom. The number of nitrogens with one attached hydrogen (secondary N) is 2. The minimum Gasteiger partial charge on any atom is -0.466 e. The number of carbonyl (C=O) groups is 2. The van der Waals surface area contributed by atoms with Crippen LogP contribution in [0.4, 0.5) is 5.69 Å². The quantitative estimate of drug-likeness (QED) is 0.675. The van der Waals surface area contributed by atoms with Gasteiger partial charge in [0.2, 0.25) is 5.88 Å². The first-order valence-electron chi connectivity index (χ1n) is 9.70. The van der Waals surface area contributed by atoms with Crippen molar-refractivity contribution < 1.29 is 14.3 Å². The van der Waals surface area contributed by atoms with Crippen molar-refractivity contribution >= 4 is 28.5 Å². The van der Waals surface area contributed by atoms with Gasteiger partial charge in [0, 0.05) is 18.3 Å². The summed E-state index contributed by atoms with van der Waals surface area (Å²) in [6, 6.07) is 8.81. The molecule has 0 saturated carbocycles. The first kappa shape index (κ1) is 21.3. The second-order valence-corrected chi connectivity index (χ2v) is 8.29. The molecule has 2 amide bonds. The molecule has 2 heterocycles. The Labute approximate surface area is 175 Å². The van der Waals surface area contributed by atoms with Gasteiger partial charge >= 0.3 is 0 Å². The Morgan fingerprint density at radius 1 is 1.17 bits per heavy atom. The van der Waals surface area contributed by atoms with E-state index in [-0.39, 0.29) is 24.0 Å². The zero-order valence-electron chi connectivity index (χ0n) is 18.2. The third-order valence-electron chi connectivity index (χ3n) is 4.36. The summed E-state index contributed by atoms with van der Waals surface area (Å²) in [5.41, 5.74) is 2.99. The maximum Gasteiger partial charge on any atom is 0.262 e. The van der Waals surface area contributed by atoms with Crippen molar-refractivity contribution in [2.45, 2.75) is 40.2 Å². The van der Waals surface area contributed by atoms with Crippen molar-refractivity contribution in [2.24, 2.45) is 7.05 Å². The topological polar surface area (TPSA) is 98.1 Å². The molecule has 0 aliphatic carbocycles. The van der Waals surface area contributed by atoms with E-state index in [9.17, 15) is 9.59 Å². The number of carbonyl (C=O) groups excluding carboxylic acids is 2. The predicted octanol–water partition coefficient (Wildman–Crippen LogP) is 3.13. The van der Waals surface area contributed by atoms with Crippen LogP contribution in [0.15, 0.2) is 30.3 Å². The van der Waals surface area contributed by atoms with Gasteiger partial charge in [-0.2, -0.15) is 0 Å². The SMILES string of the molecule is Cc1cc(C)c2c(OCC(=O)Nc3ccccc3C(=O)NC(C)(C)C)nn(C)c2n1. The second-order valence-electron chi connectivity index (χ2n) is 8.29. The number of pyridine rings is 1. The number of para-hydroxylation sites is 1. The lowest BCUT2D eigenvalue weighted by molar-refractivity contribution is -0.118. The number of anilines is 1. The summed E-state index contributed by atoms with van der Waals surface area (Å²) in [4.78, 5) is 29.5. The van der Waals surface area contributed by atoms with Gasteiger partial charge < -0.3 is 15.4 Å². The monoisotopic (exact) mass is 409 g/mol. The Balaban J connectivity index is 1.74. The minimum absolute atomic E-state index is 0.241. The average Bonchev–Trinajstić information content (AvgIpc) is 2.95. The number of rotatable bonds is 5. The number of amides is 2. The van der Waals surface area contributed by atoms with Crippen LogP contribution in [-0.4, -0.2) is 38.7 Å². The second kappa shape index (κ2) is 8.14. The van der Waals surface area contributed by atoms with Crippen molar-refractivity contribution in [3.8, 4) is 5.88 Å². The number of hydrogen-bond acceptors (Lipinski definition) is 5. The van der Waals surface area contributed by atoms with E-state index >= 15 is 0 Å². The maximum atomic E-state index is 12.5. The van der Waals surface area contributed by atoms with Gasteiger partial charge in [0.1, 0.15) is 0 Å². The molecular weight excluding hydrogens is 382 g/mol. The highest BCUT2D eigenvalue weighted by Gasteiger charge is 2.19. The van der Waals surface area contributed by atoms with Gasteiger partial charge in [-0.05, 0) is 58.4 Å². The standard InChI is InChI=1S/C22H27N5O3/c1-13-11-14(2)23-19-18(13)21(26-27(19)6)30-12-17(28)24-16-10-8-7-9-15(16)20(29)25-22(3,4)5/h7-11H,12H2,1-6H3,(H,24,28)(H,25,29). The first-order valence-corrected chi connectivity index (χ1v) is 9.70. The summed E-state index contributed by atoms with van der Waals surface area (Å²) >= 11 is 0. The summed E-state index contributed by atoms with van der Waals surface area (Å²) in [6.45, 7) is 9.32.